The fourth-order valence-corrected chi connectivity index (χ4v) is 3.30. The Morgan fingerprint density at radius 3 is 2.42 bits per heavy atom. The van der Waals surface area contributed by atoms with Crippen LogP contribution in [0.4, 0.5) is 4.79 Å². The van der Waals surface area contributed by atoms with Crippen molar-refractivity contribution in [2.24, 2.45) is 0 Å². The second-order valence-corrected chi connectivity index (χ2v) is 7.53. The van der Waals surface area contributed by atoms with Crippen molar-refractivity contribution in [3.63, 3.8) is 0 Å². The van der Waals surface area contributed by atoms with Gasteiger partial charge in [0.1, 0.15) is 11.6 Å². The molecule has 3 rings (SSSR count). The maximum absolute atomic E-state index is 12.2. The summed E-state index contributed by atoms with van der Waals surface area (Å²) in [6, 6.07) is 6.93. The largest absolute Gasteiger partial charge is 0.480 e. The van der Waals surface area contributed by atoms with Gasteiger partial charge in [0.15, 0.2) is 0 Å². The van der Waals surface area contributed by atoms with E-state index < -0.39 is 17.6 Å². The van der Waals surface area contributed by atoms with Crippen LogP contribution >= 0.6 is 0 Å². The van der Waals surface area contributed by atoms with E-state index in [2.05, 4.69) is 4.98 Å². The second kappa shape index (κ2) is 6.99. The Kier molecular flexibility index (Phi) is 4.91. The van der Waals surface area contributed by atoms with Crippen LogP contribution in [0.3, 0.4) is 0 Å². The molecule has 1 aliphatic heterocycles. The van der Waals surface area contributed by atoms with Crippen LogP contribution in [0.15, 0.2) is 30.5 Å². The molecule has 2 N–H and O–H groups in total. The van der Waals surface area contributed by atoms with E-state index in [1.54, 1.807) is 11.1 Å². The lowest BCUT2D eigenvalue weighted by atomic mass is 10.0. The Labute approximate surface area is 152 Å². The summed E-state index contributed by atoms with van der Waals surface area (Å²) in [4.78, 5) is 30.9. The summed E-state index contributed by atoms with van der Waals surface area (Å²) in [6.07, 6.45) is 1.42. The Bertz CT molecular complexity index is 800. The van der Waals surface area contributed by atoms with Gasteiger partial charge in [-0.2, -0.15) is 0 Å². The van der Waals surface area contributed by atoms with Crippen molar-refractivity contribution in [3.05, 3.63) is 36.0 Å². The third-order valence-electron chi connectivity index (χ3n) is 4.48. The van der Waals surface area contributed by atoms with Crippen molar-refractivity contribution < 1.29 is 19.4 Å². The summed E-state index contributed by atoms with van der Waals surface area (Å²) < 4.78 is 5.40. The summed E-state index contributed by atoms with van der Waals surface area (Å²) >= 11 is 0. The van der Waals surface area contributed by atoms with Gasteiger partial charge in [-0.05, 0) is 26.8 Å². The first kappa shape index (κ1) is 18.3. The highest BCUT2D eigenvalue weighted by molar-refractivity contribution is 5.89. The van der Waals surface area contributed by atoms with E-state index >= 15 is 0 Å². The number of aliphatic carboxylic acids is 1. The first-order valence-electron chi connectivity index (χ1n) is 8.77. The first-order valence-corrected chi connectivity index (χ1v) is 8.77. The van der Waals surface area contributed by atoms with E-state index in [0.29, 0.717) is 26.2 Å². The monoisotopic (exact) mass is 359 g/mol. The number of carbonyl (C=O) groups is 2. The molecule has 1 amide bonds. The van der Waals surface area contributed by atoms with E-state index in [9.17, 15) is 14.7 Å². The standard InChI is InChI=1S/C19H25N3O4/c1-19(2,3)26-18(25)22-10-8-21(9-11-22)16(17(23)24)14-12-20-15-7-5-4-6-13(14)15/h4-7,12,16,20H,8-11H2,1-3H3,(H,23,24)/t16-/m1/s1. The molecular formula is C19H25N3O4. The quantitative estimate of drug-likeness (QED) is 0.880. The van der Waals surface area contributed by atoms with E-state index in [1.165, 1.54) is 0 Å². The number of benzene rings is 1. The van der Waals surface area contributed by atoms with Gasteiger partial charge < -0.3 is 19.7 Å². The number of carboxylic acid groups (broad SMARTS) is 1. The zero-order valence-electron chi connectivity index (χ0n) is 15.4. The third-order valence-corrected chi connectivity index (χ3v) is 4.48. The molecule has 0 aliphatic carbocycles. The average molecular weight is 359 g/mol. The molecule has 1 aromatic carbocycles. The number of hydrogen-bond donors (Lipinski definition) is 2. The van der Waals surface area contributed by atoms with Gasteiger partial charge in [0.05, 0.1) is 0 Å². The molecule has 2 aromatic rings. The number of carboxylic acids is 1. The summed E-state index contributed by atoms with van der Waals surface area (Å²) in [5, 5.41) is 10.7. The fraction of sp³-hybridized carbons (Fsp3) is 0.474. The maximum atomic E-state index is 12.2. The minimum absolute atomic E-state index is 0.351. The normalized spacial score (nSPS) is 17.3. The molecule has 7 nitrogen and oxygen atoms in total. The zero-order valence-corrected chi connectivity index (χ0v) is 15.4. The number of fused-ring (bicyclic) bond motifs is 1. The molecule has 0 bridgehead atoms. The van der Waals surface area contributed by atoms with Gasteiger partial charge in [-0.15, -0.1) is 0 Å². The fourth-order valence-electron chi connectivity index (χ4n) is 3.30. The van der Waals surface area contributed by atoms with Crippen molar-refractivity contribution in [2.75, 3.05) is 26.2 Å². The number of H-pyrrole nitrogens is 1. The lowest BCUT2D eigenvalue weighted by Crippen LogP contribution is -2.51. The van der Waals surface area contributed by atoms with Gasteiger partial charge in [-0.25, -0.2) is 4.79 Å². The number of ether oxygens (including phenoxy) is 1. The minimum atomic E-state index is -0.888. The van der Waals surface area contributed by atoms with Crippen molar-refractivity contribution in [1.29, 1.82) is 0 Å². The summed E-state index contributed by atoms with van der Waals surface area (Å²) in [6.45, 7) is 7.35. The summed E-state index contributed by atoms with van der Waals surface area (Å²) in [5.41, 5.74) is 1.13. The number of carbonyl (C=O) groups excluding carboxylic acids is 1. The lowest BCUT2D eigenvalue weighted by Gasteiger charge is -2.38. The molecule has 2 heterocycles. The van der Waals surface area contributed by atoms with E-state index in [0.717, 1.165) is 16.5 Å². The molecule has 1 atom stereocenters. The zero-order chi connectivity index (χ0) is 18.9. The molecule has 1 fully saturated rings. The Morgan fingerprint density at radius 2 is 1.81 bits per heavy atom. The van der Waals surface area contributed by atoms with Crippen LogP contribution in [0.2, 0.25) is 0 Å². The van der Waals surface area contributed by atoms with Crippen LogP contribution in [-0.4, -0.2) is 63.7 Å². The molecule has 0 saturated carbocycles. The molecule has 0 radical (unpaired) electrons. The molecule has 140 valence electrons. The summed E-state index contributed by atoms with van der Waals surface area (Å²) in [5.74, 6) is -0.888. The highest BCUT2D eigenvalue weighted by Crippen LogP contribution is 2.29. The average Bonchev–Trinajstić information content (AvgIpc) is 2.98. The number of aromatic nitrogens is 1. The molecule has 1 aromatic heterocycles. The van der Waals surface area contributed by atoms with Crippen LogP contribution < -0.4 is 0 Å². The number of rotatable bonds is 3. The highest BCUT2D eigenvalue weighted by atomic mass is 16.6. The number of nitrogens with one attached hydrogen (secondary N) is 1. The number of piperazine rings is 1. The Morgan fingerprint density at radius 1 is 1.15 bits per heavy atom. The predicted octanol–water partition coefficient (Wildman–Crippen LogP) is 2.85. The highest BCUT2D eigenvalue weighted by Gasteiger charge is 2.34. The summed E-state index contributed by atoms with van der Waals surface area (Å²) in [7, 11) is 0. The predicted molar refractivity (Wildman–Crippen MR) is 98.1 cm³/mol. The van der Waals surface area contributed by atoms with Crippen LogP contribution in [-0.2, 0) is 9.53 Å². The van der Waals surface area contributed by atoms with Crippen molar-refractivity contribution in [2.45, 2.75) is 32.4 Å². The third kappa shape index (κ3) is 3.83. The van der Waals surface area contributed by atoms with Gasteiger partial charge in [0, 0.05) is 48.8 Å². The molecule has 0 unspecified atom stereocenters. The lowest BCUT2D eigenvalue weighted by molar-refractivity contribution is -0.144. The minimum Gasteiger partial charge on any atom is -0.480 e. The van der Waals surface area contributed by atoms with Gasteiger partial charge in [-0.1, -0.05) is 18.2 Å². The van der Waals surface area contributed by atoms with Crippen LogP contribution in [0.5, 0.6) is 0 Å². The van der Waals surface area contributed by atoms with Gasteiger partial charge in [-0.3, -0.25) is 9.69 Å². The molecule has 26 heavy (non-hydrogen) atoms. The number of amides is 1. The Balaban J connectivity index is 1.74. The Hall–Kier alpha value is -2.54. The van der Waals surface area contributed by atoms with Crippen molar-refractivity contribution in [1.82, 2.24) is 14.8 Å². The van der Waals surface area contributed by atoms with Gasteiger partial charge >= 0.3 is 12.1 Å². The number of hydrogen-bond acceptors (Lipinski definition) is 4. The number of aromatic amines is 1. The maximum Gasteiger partial charge on any atom is 0.410 e. The van der Waals surface area contributed by atoms with E-state index in [1.807, 2.05) is 49.9 Å². The van der Waals surface area contributed by atoms with E-state index in [4.69, 9.17) is 4.74 Å². The SMILES string of the molecule is CC(C)(C)OC(=O)N1CCN([C@@H](C(=O)O)c2c[nH]c3ccccc23)CC1. The van der Waals surface area contributed by atoms with Crippen molar-refractivity contribution in [3.8, 4) is 0 Å². The molecular weight excluding hydrogens is 334 g/mol. The van der Waals surface area contributed by atoms with Crippen LogP contribution in [0.1, 0.15) is 32.4 Å². The smallest absolute Gasteiger partial charge is 0.410 e. The van der Waals surface area contributed by atoms with Crippen molar-refractivity contribution >= 4 is 23.0 Å². The number of nitrogens with zero attached hydrogens (tertiary/aromatic N) is 2. The molecule has 1 aliphatic rings. The van der Waals surface area contributed by atoms with Crippen LogP contribution in [0, 0.1) is 0 Å². The first-order chi connectivity index (χ1) is 12.3. The second-order valence-electron chi connectivity index (χ2n) is 7.53. The van der Waals surface area contributed by atoms with Gasteiger partial charge in [0.2, 0.25) is 0 Å². The molecule has 7 heteroatoms. The van der Waals surface area contributed by atoms with E-state index in [-0.39, 0.29) is 6.09 Å². The van der Waals surface area contributed by atoms with Crippen LogP contribution in [0.25, 0.3) is 10.9 Å². The molecule has 0 spiro atoms. The van der Waals surface area contributed by atoms with Gasteiger partial charge in [0.25, 0.3) is 0 Å². The topological polar surface area (TPSA) is 85.9 Å². The molecule has 1 saturated heterocycles. The number of para-hydroxylation sites is 1.